The van der Waals surface area contributed by atoms with Crippen LogP contribution in [0.15, 0.2) is 0 Å². The van der Waals surface area contributed by atoms with Crippen molar-refractivity contribution in [1.82, 2.24) is 0 Å². The molecule has 15 heavy (non-hydrogen) atoms. The molecule has 2 nitrogen and oxygen atoms in total. The normalized spacial score (nSPS) is 13.9. The number of ether oxygens (including phenoxy) is 1. The summed E-state index contributed by atoms with van der Waals surface area (Å²) in [5.74, 6) is 0.697. The summed E-state index contributed by atoms with van der Waals surface area (Å²) < 4.78 is 5.23. The Morgan fingerprint density at radius 2 is 1.93 bits per heavy atom. The highest BCUT2D eigenvalue weighted by atomic mass is 16.5. The van der Waals surface area contributed by atoms with Gasteiger partial charge in [-0.2, -0.15) is 0 Å². The van der Waals surface area contributed by atoms with Gasteiger partial charge in [0.05, 0.1) is 0 Å². The van der Waals surface area contributed by atoms with Crippen LogP contribution >= 0.6 is 0 Å². The molecule has 1 atom stereocenters. The van der Waals surface area contributed by atoms with E-state index in [0.29, 0.717) is 31.0 Å². The molecular formula is C13H26O2. The molecule has 0 spiro atoms. The summed E-state index contributed by atoms with van der Waals surface area (Å²) >= 11 is 0. The molecule has 0 heterocycles. The quantitative estimate of drug-likeness (QED) is 0.607. The third-order valence-corrected chi connectivity index (χ3v) is 2.15. The Hall–Kier alpha value is -0.370. The molecule has 0 saturated carbocycles. The average Bonchev–Trinajstić information content (AvgIpc) is 2.00. The minimum absolute atomic E-state index is 0.236. The average molecular weight is 214 g/mol. The molecular weight excluding hydrogens is 188 g/mol. The summed E-state index contributed by atoms with van der Waals surface area (Å²) in [6.45, 7) is 11.8. The van der Waals surface area contributed by atoms with Crippen LogP contribution in [0.3, 0.4) is 0 Å². The van der Waals surface area contributed by atoms with E-state index in [1.54, 1.807) is 0 Å². The maximum absolute atomic E-state index is 11.5. The van der Waals surface area contributed by atoms with Gasteiger partial charge in [-0.3, -0.25) is 4.79 Å². The minimum atomic E-state index is 0.236. The van der Waals surface area contributed by atoms with Gasteiger partial charge < -0.3 is 4.74 Å². The van der Waals surface area contributed by atoms with Gasteiger partial charge in [0.2, 0.25) is 0 Å². The summed E-state index contributed by atoms with van der Waals surface area (Å²) in [5.41, 5.74) is 0.309. The second kappa shape index (κ2) is 7.00. The number of carbonyl (C=O) groups excluding carboxylic acids is 1. The summed E-state index contributed by atoms with van der Waals surface area (Å²) in [4.78, 5) is 11.5. The lowest BCUT2D eigenvalue weighted by molar-refractivity contribution is -0.124. The standard InChI is InChI=1S/C13H26O2/c1-6-7-15-10-12(14)8-11(2)9-13(3,4)5/h11H,6-10H2,1-5H3. The van der Waals surface area contributed by atoms with Crippen LogP contribution in [0.5, 0.6) is 0 Å². The van der Waals surface area contributed by atoms with Crippen LogP contribution in [0.25, 0.3) is 0 Å². The first-order valence-electron chi connectivity index (χ1n) is 5.94. The maximum atomic E-state index is 11.5. The summed E-state index contributed by atoms with van der Waals surface area (Å²) in [6.07, 6.45) is 2.72. The minimum Gasteiger partial charge on any atom is -0.374 e. The van der Waals surface area contributed by atoms with Crippen molar-refractivity contribution in [2.75, 3.05) is 13.2 Å². The number of carbonyl (C=O) groups is 1. The molecule has 0 aromatic rings. The van der Waals surface area contributed by atoms with Crippen molar-refractivity contribution in [1.29, 1.82) is 0 Å². The number of hydrogen-bond donors (Lipinski definition) is 0. The van der Waals surface area contributed by atoms with Crippen molar-refractivity contribution >= 4 is 5.78 Å². The first-order chi connectivity index (χ1) is 6.85. The zero-order valence-corrected chi connectivity index (χ0v) is 10.9. The predicted octanol–water partition coefficient (Wildman–Crippen LogP) is 3.44. The lowest BCUT2D eigenvalue weighted by Gasteiger charge is -2.22. The van der Waals surface area contributed by atoms with Gasteiger partial charge in [-0.1, -0.05) is 34.6 Å². The fourth-order valence-electron chi connectivity index (χ4n) is 1.90. The first-order valence-corrected chi connectivity index (χ1v) is 5.94. The van der Waals surface area contributed by atoms with Crippen LogP contribution in [0.1, 0.15) is 53.9 Å². The van der Waals surface area contributed by atoms with Crippen LogP contribution < -0.4 is 0 Å². The van der Waals surface area contributed by atoms with Crippen LogP contribution in [0.4, 0.5) is 0 Å². The van der Waals surface area contributed by atoms with E-state index in [-0.39, 0.29) is 5.78 Å². The molecule has 0 aliphatic heterocycles. The Bertz CT molecular complexity index is 179. The van der Waals surface area contributed by atoms with E-state index in [9.17, 15) is 4.79 Å². The number of ketones is 1. The number of Topliss-reactive ketones (excluding diaryl/α,β-unsaturated/α-hetero) is 1. The lowest BCUT2D eigenvalue weighted by atomic mass is 9.83. The predicted molar refractivity (Wildman–Crippen MR) is 64.0 cm³/mol. The Labute approximate surface area is 94.4 Å². The van der Waals surface area contributed by atoms with Crippen LogP contribution in [0.2, 0.25) is 0 Å². The van der Waals surface area contributed by atoms with Gasteiger partial charge in [0.25, 0.3) is 0 Å². The fourth-order valence-corrected chi connectivity index (χ4v) is 1.90. The molecule has 0 aromatic carbocycles. The van der Waals surface area contributed by atoms with Crippen molar-refractivity contribution < 1.29 is 9.53 Å². The molecule has 0 bridgehead atoms. The van der Waals surface area contributed by atoms with E-state index in [2.05, 4.69) is 27.7 Å². The Balaban J connectivity index is 3.67. The Kier molecular flexibility index (Phi) is 6.82. The molecule has 90 valence electrons. The molecule has 0 aliphatic rings. The van der Waals surface area contributed by atoms with E-state index < -0.39 is 0 Å². The molecule has 0 fully saturated rings. The molecule has 0 aliphatic carbocycles. The van der Waals surface area contributed by atoms with Gasteiger partial charge in [0.1, 0.15) is 6.61 Å². The molecule has 0 radical (unpaired) electrons. The Morgan fingerprint density at radius 1 is 1.33 bits per heavy atom. The number of rotatable bonds is 7. The van der Waals surface area contributed by atoms with Crippen LogP contribution in [-0.4, -0.2) is 19.0 Å². The van der Waals surface area contributed by atoms with Crippen molar-refractivity contribution in [2.24, 2.45) is 11.3 Å². The van der Waals surface area contributed by atoms with Gasteiger partial charge in [0, 0.05) is 13.0 Å². The fraction of sp³-hybridized carbons (Fsp3) is 0.923. The number of hydrogen-bond acceptors (Lipinski definition) is 2. The second-order valence-electron chi connectivity index (χ2n) is 5.67. The zero-order chi connectivity index (χ0) is 11.9. The highest BCUT2D eigenvalue weighted by molar-refractivity contribution is 5.79. The topological polar surface area (TPSA) is 26.3 Å². The van der Waals surface area contributed by atoms with E-state index in [4.69, 9.17) is 4.74 Å². The van der Waals surface area contributed by atoms with E-state index >= 15 is 0 Å². The molecule has 0 amide bonds. The smallest absolute Gasteiger partial charge is 0.158 e. The molecule has 0 aromatic heterocycles. The molecule has 2 heteroatoms. The van der Waals surface area contributed by atoms with E-state index in [0.717, 1.165) is 12.8 Å². The summed E-state index contributed by atoms with van der Waals surface area (Å²) in [5, 5.41) is 0. The first kappa shape index (κ1) is 14.6. The van der Waals surface area contributed by atoms with E-state index in [1.807, 2.05) is 6.92 Å². The Morgan fingerprint density at radius 3 is 2.40 bits per heavy atom. The van der Waals surface area contributed by atoms with Gasteiger partial charge in [-0.25, -0.2) is 0 Å². The second-order valence-corrected chi connectivity index (χ2v) is 5.67. The van der Waals surface area contributed by atoms with Gasteiger partial charge >= 0.3 is 0 Å². The third kappa shape index (κ3) is 9.92. The van der Waals surface area contributed by atoms with Crippen molar-refractivity contribution in [3.8, 4) is 0 Å². The maximum Gasteiger partial charge on any atom is 0.158 e. The molecule has 0 rings (SSSR count). The highest BCUT2D eigenvalue weighted by Gasteiger charge is 2.17. The van der Waals surface area contributed by atoms with Gasteiger partial charge in [0.15, 0.2) is 5.78 Å². The van der Waals surface area contributed by atoms with Crippen molar-refractivity contribution in [3.05, 3.63) is 0 Å². The van der Waals surface area contributed by atoms with Gasteiger partial charge in [-0.05, 0) is 24.2 Å². The van der Waals surface area contributed by atoms with Crippen molar-refractivity contribution in [2.45, 2.75) is 53.9 Å². The van der Waals surface area contributed by atoms with E-state index in [1.165, 1.54) is 0 Å². The largest absolute Gasteiger partial charge is 0.374 e. The lowest BCUT2D eigenvalue weighted by Crippen LogP contribution is -2.17. The highest BCUT2D eigenvalue weighted by Crippen LogP contribution is 2.25. The molecule has 0 saturated heterocycles. The SMILES string of the molecule is CCCOCC(=O)CC(C)CC(C)(C)C. The molecule has 1 unspecified atom stereocenters. The zero-order valence-electron chi connectivity index (χ0n) is 10.9. The molecule has 0 N–H and O–H groups in total. The van der Waals surface area contributed by atoms with Gasteiger partial charge in [-0.15, -0.1) is 0 Å². The third-order valence-electron chi connectivity index (χ3n) is 2.15. The summed E-state index contributed by atoms with van der Waals surface area (Å²) in [6, 6.07) is 0. The summed E-state index contributed by atoms with van der Waals surface area (Å²) in [7, 11) is 0. The van der Waals surface area contributed by atoms with Crippen LogP contribution in [0, 0.1) is 11.3 Å². The van der Waals surface area contributed by atoms with Crippen LogP contribution in [-0.2, 0) is 9.53 Å². The monoisotopic (exact) mass is 214 g/mol. The van der Waals surface area contributed by atoms with Crippen molar-refractivity contribution in [3.63, 3.8) is 0 Å².